The van der Waals surface area contributed by atoms with Gasteiger partial charge >= 0.3 is 5.97 Å². The predicted molar refractivity (Wildman–Crippen MR) is 92.2 cm³/mol. The fraction of sp³-hybridized carbons (Fsp3) is 0.0556. The molecule has 0 unspecified atom stereocenters. The van der Waals surface area contributed by atoms with Crippen LogP contribution in [0.4, 0.5) is 0 Å². The third-order valence-corrected chi connectivity index (χ3v) is 3.97. The Labute approximate surface area is 136 Å². The Morgan fingerprint density at radius 1 is 0.952 bits per heavy atom. The molecule has 0 aliphatic carbocycles. The fourth-order valence-corrected chi connectivity index (χ4v) is 2.80. The molecule has 0 radical (unpaired) electrons. The molecule has 0 aliphatic rings. The van der Waals surface area contributed by atoms with E-state index in [4.69, 9.17) is 4.74 Å². The highest BCUT2D eigenvalue weighted by atomic mass is 127. The summed E-state index contributed by atoms with van der Waals surface area (Å²) in [5, 5.41) is 2.27. The summed E-state index contributed by atoms with van der Waals surface area (Å²) in [5.74, 6) is -0.290. The number of rotatable bonds is 3. The van der Waals surface area contributed by atoms with Gasteiger partial charge in [0, 0.05) is 3.57 Å². The van der Waals surface area contributed by atoms with Crippen LogP contribution in [0, 0.1) is 3.57 Å². The Morgan fingerprint density at radius 3 is 2.57 bits per heavy atom. The zero-order valence-corrected chi connectivity index (χ0v) is 13.4. The smallest absolute Gasteiger partial charge is 0.338 e. The zero-order chi connectivity index (χ0) is 14.7. The monoisotopic (exact) mass is 388 g/mol. The van der Waals surface area contributed by atoms with Crippen molar-refractivity contribution < 1.29 is 9.53 Å². The van der Waals surface area contributed by atoms with Gasteiger partial charge in [-0.05, 0) is 57.1 Å². The minimum atomic E-state index is -0.290. The van der Waals surface area contributed by atoms with Crippen LogP contribution >= 0.6 is 22.6 Å². The summed E-state index contributed by atoms with van der Waals surface area (Å²) in [4.78, 5) is 12.1. The van der Waals surface area contributed by atoms with E-state index in [0.29, 0.717) is 5.56 Å². The van der Waals surface area contributed by atoms with E-state index < -0.39 is 0 Å². The van der Waals surface area contributed by atoms with Crippen LogP contribution in [0.15, 0.2) is 66.7 Å². The lowest BCUT2D eigenvalue weighted by atomic mass is 10.1. The summed E-state index contributed by atoms with van der Waals surface area (Å²) in [6.45, 7) is 0.283. The highest BCUT2D eigenvalue weighted by molar-refractivity contribution is 14.1. The van der Waals surface area contributed by atoms with Crippen LogP contribution in [0.2, 0.25) is 0 Å². The molecule has 0 bridgehead atoms. The van der Waals surface area contributed by atoms with Crippen molar-refractivity contribution in [2.75, 3.05) is 0 Å². The van der Waals surface area contributed by atoms with Crippen molar-refractivity contribution in [2.45, 2.75) is 6.61 Å². The lowest BCUT2D eigenvalue weighted by molar-refractivity contribution is 0.0474. The van der Waals surface area contributed by atoms with Crippen LogP contribution in [-0.4, -0.2) is 5.97 Å². The minimum Gasteiger partial charge on any atom is -0.457 e. The van der Waals surface area contributed by atoms with Crippen molar-refractivity contribution >= 4 is 39.3 Å². The molecule has 0 amide bonds. The lowest BCUT2D eigenvalue weighted by Crippen LogP contribution is -2.05. The molecule has 0 spiro atoms. The average Bonchev–Trinajstić information content (AvgIpc) is 2.52. The number of benzene rings is 3. The molecule has 0 N–H and O–H groups in total. The highest BCUT2D eigenvalue weighted by Crippen LogP contribution is 2.19. The molecular formula is C18H13IO2. The maximum Gasteiger partial charge on any atom is 0.338 e. The van der Waals surface area contributed by atoms with Gasteiger partial charge < -0.3 is 4.74 Å². The van der Waals surface area contributed by atoms with Gasteiger partial charge in [0.2, 0.25) is 0 Å². The van der Waals surface area contributed by atoms with Crippen LogP contribution in [-0.2, 0) is 11.3 Å². The molecule has 0 atom stereocenters. The number of hydrogen-bond acceptors (Lipinski definition) is 2. The molecule has 0 aliphatic heterocycles. The van der Waals surface area contributed by atoms with Crippen LogP contribution in [0.5, 0.6) is 0 Å². The van der Waals surface area contributed by atoms with Gasteiger partial charge in [-0.2, -0.15) is 0 Å². The second-order valence-electron chi connectivity index (χ2n) is 4.72. The first-order valence-corrected chi connectivity index (χ1v) is 7.71. The van der Waals surface area contributed by atoms with Gasteiger partial charge in [0.25, 0.3) is 0 Å². The first-order valence-electron chi connectivity index (χ1n) is 6.63. The first-order chi connectivity index (χ1) is 10.2. The van der Waals surface area contributed by atoms with E-state index in [1.165, 1.54) is 0 Å². The molecule has 3 aromatic carbocycles. The van der Waals surface area contributed by atoms with Gasteiger partial charge in [0.15, 0.2) is 0 Å². The predicted octanol–water partition coefficient (Wildman–Crippen LogP) is 4.80. The molecule has 2 nitrogen and oxygen atoms in total. The highest BCUT2D eigenvalue weighted by Gasteiger charge is 2.08. The van der Waals surface area contributed by atoms with Gasteiger partial charge in [0.05, 0.1) is 5.56 Å². The molecule has 0 saturated heterocycles. The standard InChI is InChI=1S/C18H13IO2/c19-16-9-4-7-14(11-16)18(20)21-12-15-8-3-6-13-5-1-2-10-17(13)15/h1-11H,12H2. The van der Waals surface area contributed by atoms with Crippen molar-refractivity contribution in [3.63, 3.8) is 0 Å². The van der Waals surface area contributed by atoms with Gasteiger partial charge in [-0.25, -0.2) is 4.79 Å². The molecule has 0 aromatic heterocycles. The van der Waals surface area contributed by atoms with Crippen molar-refractivity contribution in [3.05, 3.63) is 81.4 Å². The van der Waals surface area contributed by atoms with Crippen LogP contribution in [0.25, 0.3) is 10.8 Å². The summed E-state index contributed by atoms with van der Waals surface area (Å²) in [5.41, 5.74) is 1.61. The van der Waals surface area contributed by atoms with Crippen LogP contribution in [0.1, 0.15) is 15.9 Å². The van der Waals surface area contributed by atoms with E-state index in [0.717, 1.165) is 19.9 Å². The topological polar surface area (TPSA) is 26.3 Å². The molecule has 3 aromatic rings. The second-order valence-corrected chi connectivity index (χ2v) is 5.97. The van der Waals surface area contributed by atoms with Crippen molar-refractivity contribution in [3.8, 4) is 0 Å². The van der Waals surface area contributed by atoms with Gasteiger partial charge in [-0.1, -0.05) is 48.5 Å². The molecule has 104 valence electrons. The third-order valence-electron chi connectivity index (χ3n) is 3.30. The van der Waals surface area contributed by atoms with Crippen LogP contribution in [0.3, 0.4) is 0 Å². The normalized spacial score (nSPS) is 10.5. The van der Waals surface area contributed by atoms with Gasteiger partial charge in [-0.3, -0.25) is 0 Å². The number of carbonyl (C=O) groups is 1. The molecule has 3 heteroatoms. The molecular weight excluding hydrogens is 375 g/mol. The summed E-state index contributed by atoms with van der Waals surface area (Å²) >= 11 is 2.18. The molecule has 0 fully saturated rings. The number of hydrogen-bond donors (Lipinski definition) is 0. The Balaban J connectivity index is 1.79. The summed E-state index contributed by atoms with van der Waals surface area (Å²) in [6.07, 6.45) is 0. The van der Waals surface area contributed by atoms with Crippen molar-refractivity contribution in [1.29, 1.82) is 0 Å². The lowest BCUT2D eigenvalue weighted by Gasteiger charge is -2.08. The summed E-state index contributed by atoms with van der Waals surface area (Å²) in [7, 11) is 0. The Hall–Kier alpha value is -1.88. The largest absolute Gasteiger partial charge is 0.457 e. The average molecular weight is 388 g/mol. The number of carbonyl (C=O) groups excluding carboxylic acids is 1. The van der Waals surface area contributed by atoms with Gasteiger partial charge in [-0.15, -0.1) is 0 Å². The molecule has 21 heavy (non-hydrogen) atoms. The summed E-state index contributed by atoms with van der Waals surface area (Å²) < 4.78 is 6.46. The number of halogens is 1. The Bertz CT molecular complexity index is 791. The number of ether oxygens (including phenoxy) is 1. The van der Waals surface area contributed by atoms with E-state index in [1.54, 1.807) is 6.07 Å². The van der Waals surface area contributed by atoms with E-state index in [-0.39, 0.29) is 12.6 Å². The summed E-state index contributed by atoms with van der Waals surface area (Å²) in [6, 6.07) is 21.5. The zero-order valence-electron chi connectivity index (χ0n) is 11.3. The second kappa shape index (κ2) is 6.26. The van der Waals surface area contributed by atoms with Crippen molar-refractivity contribution in [1.82, 2.24) is 0 Å². The van der Waals surface area contributed by atoms with Crippen LogP contribution < -0.4 is 0 Å². The Kier molecular flexibility index (Phi) is 4.20. The molecule has 0 saturated carbocycles. The van der Waals surface area contributed by atoms with Gasteiger partial charge in [0.1, 0.15) is 6.61 Å². The van der Waals surface area contributed by atoms with E-state index >= 15 is 0 Å². The number of esters is 1. The van der Waals surface area contributed by atoms with E-state index in [2.05, 4.69) is 34.7 Å². The first kappa shape index (κ1) is 14.1. The minimum absolute atomic E-state index is 0.283. The van der Waals surface area contributed by atoms with E-state index in [9.17, 15) is 4.79 Å². The Morgan fingerprint density at radius 2 is 1.71 bits per heavy atom. The third kappa shape index (κ3) is 3.24. The number of fused-ring (bicyclic) bond motifs is 1. The fourth-order valence-electron chi connectivity index (χ4n) is 2.26. The maximum absolute atomic E-state index is 12.1. The van der Waals surface area contributed by atoms with E-state index in [1.807, 2.05) is 48.5 Å². The quantitative estimate of drug-likeness (QED) is 0.476. The SMILES string of the molecule is O=C(OCc1cccc2ccccc12)c1cccc(I)c1. The molecule has 3 rings (SSSR count). The van der Waals surface area contributed by atoms with Crippen molar-refractivity contribution in [2.24, 2.45) is 0 Å². The maximum atomic E-state index is 12.1. The molecule has 0 heterocycles.